The number of methoxy groups -OCH3 is 1. The van der Waals surface area contributed by atoms with Crippen LogP contribution in [0.5, 0.6) is 0 Å². The Hall–Kier alpha value is -0.620. The van der Waals surface area contributed by atoms with Gasteiger partial charge in [-0.25, -0.2) is 8.42 Å². The zero-order chi connectivity index (χ0) is 13.5. The van der Waals surface area contributed by atoms with Crippen LogP contribution >= 0.6 is 0 Å². The summed E-state index contributed by atoms with van der Waals surface area (Å²) in [5.74, 6) is 0.217. The zero-order valence-corrected chi connectivity index (χ0v) is 11.8. The second-order valence-electron chi connectivity index (χ2n) is 4.64. The second-order valence-corrected chi connectivity index (χ2v) is 6.90. The highest BCUT2D eigenvalue weighted by Gasteiger charge is 2.19. The minimum Gasteiger partial charge on any atom is -0.468 e. The van der Waals surface area contributed by atoms with Gasteiger partial charge in [-0.1, -0.05) is 13.8 Å². The fourth-order valence-electron chi connectivity index (χ4n) is 1.49. The van der Waals surface area contributed by atoms with E-state index in [2.05, 4.69) is 5.32 Å². The predicted molar refractivity (Wildman–Crippen MR) is 67.6 cm³/mol. The summed E-state index contributed by atoms with van der Waals surface area (Å²) in [6.07, 6.45) is 2.40. The van der Waals surface area contributed by atoms with Crippen LogP contribution in [0.3, 0.4) is 0 Å². The third-order valence-electron chi connectivity index (χ3n) is 2.28. The van der Waals surface area contributed by atoms with Gasteiger partial charge in [-0.2, -0.15) is 0 Å². The molecule has 0 rings (SSSR count). The molecule has 0 radical (unpaired) electrons. The molecule has 0 aliphatic heterocycles. The van der Waals surface area contributed by atoms with E-state index in [1.165, 1.54) is 13.4 Å². The molecular formula is C11H23NO4S. The molecule has 0 amide bonds. The number of carbonyl (C=O) groups is 1. The van der Waals surface area contributed by atoms with E-state index in [0.717, 1.165) is 0 Å². The number of hydrogen-bond acceptors (Lipinski definition) is 5. The number of hydrogen-bond donors (Lipinski definition) is 1. The highest BCUT2D eigenvalue weighted by Crippen LogP contribution is 2.06. The SMILES string of the molecule is COC(=O)C(CC(C)C)NCCCS(C)(=O)=O. The molecule has 0 aromatic carbocycles. The van der Waals surface area contributed by atoms with E-state index in [1.54, 1.807) is 0 Å². The molecule has 0 saturated carbocycles. The maximum absolute atomic E-state index is 11.4. The van der Waals surface area contributed by atoms with E-state index in [9.17, 15) is 13.2 Å². The van der Waals surface area contributed by atoms with Gasteiger partial charge in [0.05, 0.1) is 12.9 Å². The number of ether oxygens (including phenoxy) is 1. The molecule has 17 heavy (non-hydrogen) atoms. The standard InChI is InChI=1S/C11H23NO4S/c1-9(2)8-10(11(13)16-3)12-6-5-7-17(4,14)15/h9-10,12H,5-8H2,1-4H3. The van der Waals surface area contributed by atoms with Crippen LogP contribution in [0.1, 0.15) is 26.7 Å². The van der Waals surface area contributed by atoms with Crippen molar-refractivity contribution in [2.75, 3.05) is 25.7 Å². The molecule has 0 heterocycles. The maximum atomic E-state index is 11.4. The van der Waals surface area contributed by atoms with Crippen molar-refractivity contribution >= 4 is 15.8 Å². The predicted octanol–water partition coefficient (Wildman–Crippen LogP) is 0.598. The van der Waals surface area contributed by atoms with Crippen molar-refractivity contribution in [2.24, 2.45) is 5.92 Å². The van der Waals surface area contributed by atoms with Crippen molar-refractivity contribution in [3.05, 3.63) is 0 Å². The summed E-state index contributed by atoms with van der Waals surface area (Å²) in [5.41, 5.74) is 0. The first-order valence-electron chi connectivity index (χ1n) is 5.75. The lowest BCUT2D eigenvalue weighted by Gasteiger charge is -2.18. The van der Waals surface area contributed by atoms with E-state index in [-0.39, 0.29) is 17.8 Å². The molecule has 0 spiro atoms. The molecule has 6 heteroatoms. The first kappa shape index (κ1) is 16.4. The van der Waals surface area contributed by atoms with Gasteiger partial charge in [-0.3, -0.25) is 4.79 Å². The van der Waals surface area contributed by atoms with Gasteiger partial charge >= 0.3 is 5.97 Å². The van der Waals surface area contributed by atoms with Crippen LogP contribution in [0, 0.1) is 5.92 Å². The second kappa shape index (κ2) is 7.66. The monoisotopic (exact) mass is 265 g/mol. The van der Waals surface area contributed by atoms with Crippen LogP contribution in [0.15, 0.2) is 0 Å². The number of esters is 1. The van der Waals surface area contributed by atoms with Gasteiger partial charge in [0.1, 0.15) is 15.9 Å². The van der Waals surface area contributed by atoms with Crippen LogP contribution in [-0.4, -0.2) is 46.1 Å². The summed E-state index contributed by atoms with van der Waals surface area (Å²) >= 11 is 0. The highest BCUT2D eigenvalue weighted by molar-refractivity contribution is 7.90. The average molecular weight is 265 g/mol. The summed E-state index contributed by atoms with van der Waals surface area (Å²) in [4.78, 5) is 11.4. The number of sulfone groups is 1. The fraction of sp³-hybridized carbons (Fsp3) is 0.909. The number of rotatable bonds is 8. The summed E-state index contributed by atoms with van der Waals surface area (Å²) in [7, 11) is -1.57. The fourth-order valence-corrected chi connectivity index (χ4v) is 2.16. The van der Waals surface area contributed by atoms with Crippen LogP contribution in [0.2, 0.25) is 0 Å². The van der Waals surface area contributed by atoms with Crippen molar-refractivity contribution in [2.45, 2.75) is 32.7 Å². The molecule has 0 aliphatic rings. The molecule has 0 aliphatic carbocycles. The van der Waals surface area contributed by atoms with Crippen molar-refractivity contribution in [3.8, 4) is 0 Å². The van der Waals surface area contributed by atoms with Crippen molar-refractivity contribution in [3.63, 3.8) is 0 Å². The molecule has 0 bridgehead atoms. The summed E-state index contributed by atoms with van der Waals surface area (Å²) in [6, 6.07) is -0.348. The van der Waals surface area contributed by atoms with Crippen molar-refractivity contribution < 1.29 is 17.9 Å². The lowest BCUT2D eigenvalue weighted by Crippen LogP contribution is -2.39. The lowest BCUT2D eigenvalue weighted by atomic mass is 10.0. The van der Waals surface area contributed by atoms with E-state index >= 15 is 0 Å². The minimum absolute atomic E-state index is 0.134. The van der Waals surface area contributed by atoms with E-state index < -0.39 is 9.84 Å². The number of nitrogens with one attached hydrogen (secondary N) is 1. The van der Waals surface area contributed by atoms with Crippen LogP contribution in [-0.2, 0) is 19.4 Å². The Morgan fingerprint density at radius 3 is 2.35 bits per heavy atom. The van der Waals surface area contributed by atoms with Crippen molar-refractivity contribution in [1.82, 2.24) is 5.32 Å². The van der Waals surface area contributed by atoms with Crippen LogP contribution in [0.25, 0.3) is 0 Å². The molecular weight excluding hydrogens is 242 g/mol. The van der Waals surface area contributed by atoms with Crippen LogP contribution in [0.4, 0.5) is 0 Å². The maximum Gasteiger partial charge on any atom is 0.322 e. The van der Waals surface area contributed by atoms with Gasteiger partial charge in [-0.15, -0.1) is 0 Å². The Morgan fingerprint density at radius 1 is 1.35 bits per heavy atom. The first-order chi connectivity index (χ1) is 7.76. The molecule has 1 unspecified atom stereocenters. The smallest absolute Gasteiger partial charge is 0.322 e. The van der Waals surface area contributed by atoms with E-state index in [0.29, 0.717) is 25.3 Å². The molecule has 1 N–H and O–H groups in total. The summed E-state index contributed by atoms with van der Waals surface area (Å²) < 4.78 is 26.5. The van der Waals surface area contributed by atoms with E-state index in [4.69, 9.17) is 4.74 Å². The minimum atomic E-state index is -2.93. The van der Waals surface area contributed by atoms with Gasteiger partial charge in [0.25, 0.3) is 0 Å². The topological polar surface area (TPSA) is 72.5 Å². The number of carbonyl (C=O) groups excluding carboxylic acids is 1. The molecule has 0 aromatic rings. The Bertz CT molecular complexity index is 324. The molecule has 0 fully saturated rings. The Balaban J connectivity index is 4.04. The van der Waals surface area contributed by atoms with Crippen molar-refractivity contribution in [1.29, 1.82) is 0 Å². The molecule has 5 nitrogen and oxygen atoms in total. The third-order valence-corrected chi connectivity index (χ3v) is 3.31. The molecule has 102 valence electrons. The zero-order valence-electron chi connectivity index (χ0n) is 11.0. The van der Waals surface area contributed by atoms with Gasteiger partial charge in [0.2, 0.25) is 0 Å². The first-order valence-corrected chi connectivity index (χ1v) is 7.81. The normalized spacial score (nSPS) is 13.7. The Kier molecular flexibility index (Phi) is 7.38. The molecule has 0 saturated heterocycles. The van der Waals surface area contributed by atoms with Gasteiger partial charge in [-0.05, 0) is 25.3 Å². The Labute approximate surface area is 104 Å². The van der Waals surface area contributed by atoms with Crippen LogP contribution < -0.4 is 5.32 Å². The Morgan fingerprint density at radius 2 is 1.94 bits per heavy atom. The summed E-state index contributed by atoms with van der Waals surface area (Å²) in [6.45, 7) is 4.54. The average Bonchev–Trinajstić information content (AvgIpc) is 2.19. The summed E-state index contributed by atoms with van der Waals surface area (Å²) in [5, 5.41) is 3.04. The molecule has 1 atom stereocenters. The van der Waals surface area contributed by atoms with Gasteiger partial charge < -0.3 is 10.1 Å². The quantitative estimate of drug-likeness (QED) is 0.514. The third kappa shape index (κ3) is 9.12. The van der Waals surface area contributed by atoms with Gasteiger partial charge in [0.15, 0.2) is 0 Å². The lowest BCUT2D eigenvalue weighted by molar-refractivity contribution is -0.143. The van der Waals surface area contributed by atoms with Gasteiger partial charge in [0, 0.05) is 6.26 Å². The van der Waals surface area contributed by atoms with E-state index in [1.807, 2.05) is 13.8 Å². The highest BCUT2D eigenvalue weighted by atomic mass is 32.2. The molecule has 0 aromatic heterocycles. The largest absolute Gasteiger partial charge is 0.468 e.